The number of rotatable bonds is 5. The molecule has 1 N–H and O–H groups in total. The number of amides is 1. The van der Waals surface area contributed by atoms with Gasteiger partial charge in [-0.05, 0) is 5.92 Å². The molecule has 1 aromatic heterocycles. The topological polar surface area (TPSA) is 91.6 Å². The van der Waals surface area contributed by atoms with Crippen molar-refractivity contribution in [3.63, 3.8) is 0 Å². The van der Waals surface area contributed by atoms with Crippen LogP contribution in [0.4, 0.5) is 0 Å². The largest absolute Gasteiger partial charge is 0.476 e. The van der Waals surface area contributed by atoms with Gasteiger partial charge in [-0.1, -0.05) is 19.1 Å². The molecule has 0 bridgehead atoms. The summed E-state index contributed by atoms with van der Waals surface area (Å²) < 4.78 is 1.27. The number of carbonyl (C=O) groups is 2. The molecule has 0 aliphatic carbocycles. The summed E-state index contributed by atoms with van der Waals surface area (Å²) in [5.41, 5.74) is -0.149. The van der Waals surface area contributed by atoms with Gasteiger partial charge in [0.1, 0.15) is 6.54 Å². The van der Waals surface area contributed by atoms with Crippen LogP contribution in [0.15, 0.2) is 6.20 Å². The quantitative estimate of drug-likeness (QED) is 0.807. The first kappa shape index (κ1) is 15.4. The van der Waals surface area contributed by atoms with Gasteiger partial charge < -0.3 is 10.0 Å². The molecule has 1 aromatic rings. The smallest absolute Gasteiger partial charge is 0.358 e. The van der Waals surface area contributed by atoms with Gasteiger partial charge in [-0.3, -0.25) is 9.69 Å². The molecule has 8 nitrogen and oxygen atoms in total. The van der Waals surface area contributed by atoms with E-state index in [1.807, 2.05) is 0 Å². The van der Waals surface area contributed by atoms with E-state index in [0.29, 0.717) is 19.0 Å². The lowest BCUT2D eigenvalue weighted by atomic mass is 10.2. The third kappa shape index (κ3) is 4.25. The number of hydrogen-bond acceptors (Lipinski definition) is 5. The predicted octanol–water partition coefficient (Wildman–Crippen LogP) is -0.223. The maximum atomic E-state index is 12.1. The number of carboxylic acids is 1. The zero-order valence-electron chi connectivity index (χ0n) is 12.4. The van der Waals surface area contributed by atoms with Crippen molar-refractivity contribution in [2.75, 3.05) is 32.7 Å². The van der Waals surface area contributed by atoms with Crippen molar-refractivity contribution in [1.82, 2.24) is 24.8 Å². The average molecular weight is 295 g/mol. The monoisotopic (exact) mass is 295 g/mol. The molecule has 0 atom stereocenters. The lowest BCUT2D eigenvalue weighted by molar-refractivity contribution is -0.133. The normalized spacial score (nSPS) is 16.4. The zero-order valence-corrected chi connectivity index (χ0v) is 12.4. The highest BCUT2D eigenvalue weighted by atomic mass is 16.4. The summed E-state index contributed by atoms with van der Waals surface area (Å²) in [5, 5.41) is 15.9. The maximum absolute atomic E-state index is 12.1. The highest BCUT2D eigenvalue weighted by Gasteiger charge is 2.22. The van der Waals surface area contributed by atoms with Gasteiger partial charge in [0.15, 0.2) is 5.69 Å². The summed E-state index contributed by atoms with van der Waals surface area (Å²) >= 11 is 0. The second-order valence-electron chi connectivity index (χ2n) is 5.68. The van der Waals surface area contributed by atoms with E-state index in [2.05, 4.69) is 29.1 Å². The van der Waals surface area contributed by atoms with Gasteiger partial charge in [0, 0.05) is 32.7 Å². The second kappa shape index (κ2) is 6.66. The molecule has 1 saturated heterocycles. The Morgan fingerprint density at radius 3 is 2.48 bits per heavy atom. The minimum atomic E-state index is -1.14. The van der Waals surface area contributed by atoms with Gasteiger partial charge in [0.25, 0.3) is 0 Å². The standard InChI is InChI=1S/C13H21N5O3/c1-10(2)7-16-3-5-17(6-4-16)12(19)9-18-8-11(13(20)21)14-15-18/h8,10H,3-7,9H2,1-2H3,(H,20,21). The number of aromatic carboxylic acids is 1. The molecule has 2 rings (SSSR count). The Bertz CT molecular complexity index is 506. The van der Waals surface area contributed by atoms with Crippen molar-refractivity contribution >= 4 is 11.9 Å². The molecule has 2 heterocycles. The summed E-state index contributed by atoms with van der Waals surface area (Å²) in [7, 11) is 0. The summed E-state index contributed by atoms with van der Waals surface area (Å²) in [4.78, 5) is 27.0. The van der Waals surface area contributed by atoms with Gasteiger partial charge in [-0.2, -0.15) is 0 Å². The highest BCUT2D eigenvalue weighted by Crippen LogP contribution is 2.06. The third-order valence-corrected chi connectivity index (χ3v) is 3.40. The Morgan fingerprint density at radius 2 is 1.95 bits per heavy atom. The third-order valence-electron chi connectivity index (χ3n) is 3.40. The number of carbonyl (C=O) groups excluding carboxylic acids is 1. The van der Waals surface area contributed by atoms with E-state index in [1.54, 1.807) is 4.90 Å². The highest BCUT2D eigenvalue weighted by molar-refractivity contribution is 5.84. The molecule has 1 aliphatic rings. The molecule has 116 valence electrons. The van der Waals surface area contributed by atoms with Crippen molar-refractivity contribution in [3.05, 3.63) is 11.9 Å². The van der Waals surface area contributed by atoms with Crippen molar-refractivity contribution in [2.45, 2.75) is 20.4 Å². The Kier molecular flexibility index (Phi) is 4.89. The van der Waals surface area contributed by atoms with Crippen molar-refractivity contribution in [3.8, 4) is 0 Å². The fourth-order valence-electron chi connectivity index (χ4n) is 2.41. The van der Waals surface area contributed by atoms with E-state index in [9.17, 15) is 9.59 Å². The van der Waals surface area contributed by atoms with Crippen LogP contribution in [0.2, 0.25) is 0 Å². The van der Waals surface area contributed by atoms with Crippen LogP contribution in [-0.4, -0.2) is 74.5 Å². The van der Waals surface area contributed by atoms with E-state index in [0.717, 1.165) is 19.6 Å². The molecule has 0 unspecified atom stereocenters. The van der Waals surface area contributed by atoms with Crippen molar-refractivity contribution in [2.24, 2.45) is 5.92 Å². The molecule has 1 amide bonds. The van der Waals surface area contributed by atoms with E-state index in [4.69, 9.17) is 5.11 Å². The summed E-state index contributed by atoms with van der Waals surface area (Å²) in [6.45, 7) is 8.60. The summed E-state index contributed by atoms with van der Waals surface area (Å²) in [6.07, 6.45) is 1.27. The Labute approximate surface area is 123 Å². The van der Waals surface area contributed by atoms with Crippen LogP contribution >= 0.6 is 0 Å². The van der Waals surface area contributed by atoms with Gasteiger partial charge in [0.2, 0.25) is 5.91 Å². The van der Waals surface area contributed by atoms with Crippen LogP contribution in [-0.2, 0) is 11.3 Å². The van der Waals surface area contributed by atoms with Crippen LogP contribution in [0.5, 0.6) is 0 Å². The molecule has 0 radical (unpaired) electrons. The molecular formula is C13H21N5O3. The average Bonchev–Trinajstić information content (AvgIpc) is 2.87. The first-order valence-electron chi connectivity index (χ1n) is 7.09. The Balaban J connectivity index is 1.83. The molecule has 1 aliphatic heterocycles. The first-order chi connectivity index (χ1) is 9.95. The van der Waals surface area contributed by atoms with Crippen LogP contribution in [0.1, 0.15) is 24.3 Å². The fraction of sp³-hybridized carbons (Fsp3) is 0.692. The summed E-state index contributed by atoms with van der Waals surface area (Å²) in [6, 6.07) is 0. The van der Waals surface area contributed by atoms with E-state index in [-0.39, 0.29) is 18.1 Å². The number of piperazine rings is 1. The zero-order chi connectivity index (χ0) is 15.4. The van der Waals surface area contributed by atoms with Crippen molar-refractivity contribution in [1.29, 1.82) is 0 Å². The molecule has 0 spiro atoms. The van der Waals surface area contributed by atoms with Gasteiger partial charge >= 0.3 is 5.97 Å². The maximum Gasteiger partial charge on any atom is 0.358 e. The Hall–Kier alpha value is -1.96. The number of carboxylic acid groups (broad SMARTS) is 1. The van der Waals surface area contributed by atoms with Gasteiger partial charge in [0.05, 0.1) is 6.20 Å². The van der Waals surface area contributed by atoms with Crippen molar-refractivity contribution < 1.29 is 14.7 Å². The van der Waals surface area contributed by atoms with Gasteiger partial charge in [-0.25, -0.2) is 9.48 Å². The van der Waals surface area contributed by atoms with E-state index >= 15 is 0 Å². The minimum Gasteiger partial charge on any atom is -0.476 e. The van der Waals surface area contributed by atoms with Crippen LogP contribution in [0, 0.1) is 5.92 Å². The molecule has 0 saturated carbocycles. The number of nitrogens with zero attached hydrogens (tertiary/aromatic N) is 5. The predicted molar refractivity (Wildman–Crippen MR) is 74.8 cm³/mol. The molecular weight excluding hydrogens is 274 g/mol. The van der Waals surface area contributed by atoms with E-state index < -0.39 is 5.97 Å². The number of aromatic nitrogens is 3. The molecule has 21 heavy (non-hydrogen) atoms. The van der Waals surface area contributed by atoms with Gasteiger partial charge in [-0.15, -0.1) is 5.10 Å². The SMILES string of the molecule is CC(C)CN1CCN(C(=O)Cn2cc(C(=O)O)nn2)CC1. The lowest BCUT2D eigenvalue weighted by Crippen LogP contribution is -2.50. The minimum absolute atomic E-state index is 0.0322. The number of hydrogen-bond donors (Lipinski definition) is 1. The first-order valence-corrected chi connectivity index (χ1v) is 7.09. The van der Waals surface area contributed by atoms with Crippen LogP contribution in [0.25, 0.3) is 0 Å². The molecule has 0 aromatic carbocycles. The van der Waals surface area contributed by atoms with Crippen LogP contribution in [0.3, 0.4) is 0 Å². The van der Waals surface area contributed by atoms with Crippen LogP contribution < -0.4 is 0 Å². The van der Waals surface area contributed by atoms with E-state index in [1.165, 1.54) is 10.9 Å². The lowest BCUT2D eigenvalue weighted by Gasteiger charge is -2.35. The molecule has 1 fully saturated rings. The fourth-order valence-corrected chi connectivity index (χ4v) is 2.41. The second-order valence-corrected chi connectivity index (χ2v) is 5.68. The Morgan fingerprint density at radius 1 is 1.29 bits per heavy atom. The molecule has 8 heteroatoms. The summed E-state index contributed by atoms with van der Waals surface area (Å²) in [5.74, 6) is -0.575.